The first-order chi connectivity index (χ1) is 9.67. The smallest absolute Gasteiger partial charge is 0.180 e. The lowest BCUT2D eigenvalue weighted by atomic mass is 10.3. The van der Waals surface area contributed by atoms with Gasteiger partial charge >= 0.3 is 0 Å². The van der Waals surface area contributed by atoms with Gasteiger partial charge in [0.2, 0.25) is 0 Å². The van der Waals surface area contributed by atoms with Crippen LogP contribution in [0, 0.1) is 0 Å². The van der Waals surface area contributed by atoms with E-state index in [1.807, 2.05) is 36.0 Å². The third-order valence-corrected chi connectivity index (χ3v) is 4.42. The number of hydrogen-bond acceptors (Lipinski definition) is 5. The standard InChI is InChI=1S/C13H14ClN5S/c1-8(9-3-4-10(14)20-9)17-12-13-16-5-6-19(13)7-11(15-2)18-12/h3-8,15H,1-2H3,(H,17,18). The fraction of sp³-hybridized carbons (Fsp3) is 0.231. The van der Waals surface area contributed by atoms with Gasteiger partial charge < -0.3 is 15.0 Å². The highest BCUT2D eigenvalue weighted by atomic mass is 35.5. The molecule has 1 unspecified atom stereocenters. The first-order valence-electron chi connectivity index (χ1n) is 6.20. The van der Waals surface area contributed by atoms with Crippen molar-refractivity contribution < 1.29 is 0 Å². The van der Waals surface area contributed by atoms with Crippen molar-refractivity contribution in [3.63, 3.8) is 0 Å². The Hall–Kier alpha value is -1.79. The Morgan fingerprint density at radius 1 is 1.40 bits per heavy atom. The van der Waals surface area contributed by atoms with E-state index in [9.17, 15) is 0 Å². The van der Waals surface area contributed by atoms with Gasteiger partial charge in [-0.3, -0.25) is 0 Å². The van der Waals surface area contributed by atoms with Gasteiger partial charge in [0.05, 0.1) is 16.6 Å². The maximum absolute atomic E-state index is 5.98. The molecule has 3 aromatic rings. The number of halogens is 1. The lowest BCUT2D eigenvalue weighted by molar-refractivity contribution is 0.894. The summed E-state index contributed by atoms with van der Waals surface area (Å²) < 4.78 is 2.73. The van der Waals surface area contributed by atoms with Crippen molar-refractivity contribution >= 4 is 40.2 Å². The molecule has 5 nitrogen and oxygen atoms in total. The highest BCUT2D eigenvalue weighted by Crippen LogP contribution is 2.29. The molecule has 7 heteroatoms. The molecule has 0 aliphatic heterocycles. The molecule has 104 valence electrons. The molecule has 0 spiro atoms. The van der Waals surface area contributed by atoms with Crippen LogP contribution in [-0.2, 0) is 0 Å². The fourth-order valence-corrected chi connectivity index (χ4v) is 3.05. The van der Waals surface area contributed by atoms with E-state index in [-0.39, 0.29) is 6.04 Å². The van der Waals surface area contributed by atoms with Crippen LogP contribution in [0.25, 0.3) is 5.65 Å². The van der Waals surface area contributed by atoms with Gasteiger partial charge in [-0.15, -0.1) is 11.3 Å². The molecular weight excluding hydrogens is 294 g/mol. The summed E-state index contributed by atoms with van der Waals surface area (Å²) in [6.07, 6.45) is 5.56. The molecule has 0 aliphatic rings. The van der Waals surface area contributed by atoms with Crippen LogP contribution >= 0.6 is 22.9 Å². The minimum Gasteiger partial charge on any atom is -0.372 e. The highest BCUT2D eigenvalue weighted by Gasteiger charge is 2.13. The summed E-state index contributed by atoms with van der Waals surface area (Å²) in [5.41, 5.74) is 0.804. The number of fused-ring (bicyclic) bond motifs is 1. The van der Waals surface area contributed by atoms with Gasteiger partial charge in [0.1, 0.15) is 5.82 Å². The maximum atomic E-state index is 5.98. The molecule has 0 bridgehead atoms. The summed E-state index contributed by atoms with van der Waals surface area (Å²) >= 11 is 7.55. The molecule has 0 saturated heterocycles. The molecule has 3 heterocycles. The Bertz CT molecular complexity index is 735. The van der Waals surface area contributed by atoms with Crippen LogP contribution in [0.4, 0.5) is 11.6 Å². The lowest BCUT2D eigenvalue weighted by Crippen LogP contribution is -2.09. The number of nitrogens with zero attached hydrogens (tertiary/aromatic N) is 3. The van der Waals surface area contributed by atoms with Crippen molar-refractivity contribution in [2.75, 3.05) is 17.7 Å². The number of imidazole rings is 1. The third-order valence-electron chi connectivity index (χ3n) is 3.00. The molecule has 0 amide bonds. The predicted octanol–water partition coefficient (Wildman–Crippen LogP) is 3.66. The zero-order chi connectivity index (χ0) is 14.1. The van der Waals surface area contributed by atoms with E-state index in [1.54, 1.807) is 17.5 Å². The van der Waals surface area contributed by atoms with Crippen LogP contribution in [0.5, 0.6) is 0 Å². The Morgan fingerprint density at radius 3 is 2.95 bits per heavy atom. The van der Waals surface area contributed by atoms with Crippen LogP contribution in [0.15, 0.2) is 30.7 Å². The molecule has 1 atom stereocenters. The Morgan fingerprint density at radius 2 is 2.25 bits per heavy atom. The minimum atomic E-state index is 0.118. The van der Waals surface area contributed by atoms with E-state index in [4.69, 9.17) is 11.6 Å². The largest absolute Gasteiger partial charge is 0.372 e. The first kappa shape index (κ1) is 13.2. The average Bonchev–Trinajstić information content (AvgIpc) is 3.06. The maximum Gasteiger partial charge on any atom is 0.180 e. The van der Waals surface area contributed by atoms with Crippen LogP contribution < -0.4 is 10.6 Å². The quantitative estimate of drug-likeness (QED) is 0.772. The first-order valence-corrected chi connectivity index (χ1v) is 7.40. The van der Waals surface area contributed by atoms with Gasteiger partial charge in [-0.25, -0.2) is 9.97 Å². The SMILES string of the molecule is CNc1cn2ccnc2c(NC(C)c2ccc(Cl)s2)n1. The topological polar surface area (TPSA) is 54.2 Å². The zero-order valence-corrected chi connectivity index (χ0v) is 12.7. The normalized spacial score (nSPS) is 12.6. The molecule has 0 fully saturated rings. The molecule has 0 radical (unpaired) electrons. The van der Waals surface area contributed by atoms with Crippen LogP contribution in [0.3, 0.4) is 0 Å². The van der Waals surface area contributed by atoms with Crippen molar-refractivity contribution in [3.05, 3.63) is 39.9 Å². The van der Waals surface area contributed by atoms with Crippen molar-refractivity contribution in [2.45, 2.75) is 13.0 Å². The Labute approximate surface area is 125 Å². The molecule has 0 aromatic carbocycles. The molecule has 0 aliphatic carbocycles. The zero-order valence-electron chi connectivity index (χ0n) is 11.1. The van der Waals surface area contributed by atoms with Gasteiger partial charge in [-0.2, -0.15) is 0 Å². The fourth-order valence-electron chi connectivity index (χ4n) is 1.99. The second-order valence-corrected chi connectivity index (χ2v) is 6.14. The van der Waals surface area contributed by atoms with Gasteiger partial charge in [-0.05, 0) is 19.1 Å². The van der Waals surface area contributed by atoms with E-state index < -0.39 is 0 Å². The lowest BCUT2D eigenvalue weighted by Gasteiger charge is -2.14. The van der Waals surface area contributed by atoms with Crippen molar-refractivity contribution in [2.24, 2.45) is 0 Å². The Balaban J connectivity index is 1.95. The van der Waals surface area contributed by atoms with Gasteiger partial charge in [0.25, 0.3) is 0 Å². The van der Waals surface area contributed by atoms with Crippen molar-refractivity contribution in [3.8, 4) is 0 Å². The van der Waals surface area contributed by atoms with Crippen LogP contribution in [0.2, 0.25) is 4.34 Å². The van der Waals surface area contributed by atoms with Crippen molar-refractivity contribution in [1.82, 2.24) is 14.4 Å². The third kappa shape index (κ3) is 2.44. The molecule has 3 rings (SSSR count). The van der Waals surface area contributed by atoms with Crippen LogP contribution in [-0.4, -0.2) is 21.4 Å². The number of aromatic nitrogens is 3. The summed E-state index contributed by atoms with van der Waals surface area (Å²) in [5, 5.41) is 6.44. The van der Waals surface area contributed by atoms with E-state index >= 15 is 0 Å². The molecule has 2 N–H and O–H groups in total. The molecular formula is C13H14ClN5S. The van der Waals surface area contributed by atoms with Crippen LogP contribution in [0.1, 0.15) is 17.8 Å². The number of anilines is 2. The highest BCUT2D eigenvalue weighted by molar-refractivity contribution is 7.16. The summed E-state index contributed by atoms with van der Waals surface area (Å²) in [5.74, 6) is 1.54. The van der Waals surface area contributed by atoms with Gasteiger partial charge in [0, 0.05) is 24.3 Å². The number of thiophene rings is 1. The average molecular weight is 308 g/mol. The van der Waals surface area contributed by atoms with Gasteiger partial charge in [-0.1, -0.05) is 11.6 Å². The second-order valence-electron chi connectivity index (χ2n) is 4.39. The predicted molar refractivity (Wildman–Crippen MR) is 83.9 cm³/mol. The van der Waals surface area contributed by atoms with Gasteiger partial charge in [0.15, 0.2) is 11.5 Å². The van der Waals surface area contributed by atoms with E-state index in [0.717, 1.165) is 26.5 Å². The van der Waals surface area contributed by atoms with E-state index in [1.165, 1.54) is 0 Å². The summed E-state index contributed by atoms with van der Waals surface area (Å²) in [6.45, 7) is 2.08. The monoisotopic (exact) mass is 307 g/mol. The molecule has 0 saturated carbocycles. The van der Waals surface area contributed by atoms with E-state index in [0.29, 0.717) is 0 Å². The number of rotatable bonds is 4. The molecule has 3 aromatic heterocycles. The van der Waals surface area contributed by atoms with Crippen molar-refractivity contribution in [1.29, 1.82) is 0 Å². The Kier molecular flexibility index (Phi) is 3.50. The van der Waals surface area contributed by atoms with E-state index in [2.05, 4.69) is 27.5 Å². The summed E-state index contributed by atoms with van der Waals surface area (Å²) in [4.78, 5) is 10.0. The second kappa shape index (κ2) is 5.30. The molecule has 20 heavy (non-hydrogen) atoms. The summed E-state index contributed by atoms with van der Waals surface area (Å²) in [7, 11) is 1.84. The number of hydrogen-bond donors (Lipinski definition) is 2. The number of nitrogens with one attached hydrogen (secondary N) is 2. The minimum absolute atomic E-state index is 0.118. The summed E-state index contributed by atoms with van der Waals surface area (Å²) in [6, 6.07) is 4.05.